The van der Waals surface area contributed by atoms with E-state index in [2.05, 4.69) is 20.5 Å². The van der Waals surface area contributed by atoms with E-state index in [1.165, 1.54) is 16.9 Å². The Hall–Kier alpha value is -3.88. The molecule has 9 heteroatoms. The van der Waals surface area contributed by atoms with E-state index < -0.39 is 17.5 Å². The highest BCUT2D eigenvalue weighted by Crippen LogP contribution is 2.25. The molecule has 0 unspecified atom stereocenters. The maximum atomic E-state index is 14.2. The van der Waals surface area contributed by atoms with Crippen LogP contribution in [0.2, 0.25) is 0 Å². The average Bonchev–Trinajstić information content (AvgIpc) is 3.28. The van der Waals surface area contributed by atoms with Crippen LogP contribution in [-0.2, 0) is 13.6 Å². The van der Waals surface area contributed by atoms with Gasteiger partial charge < -0.3 is 5.32 Å². The lowest BCUT2D eigenvalue weighted by Gasteiger charge is -2.08. The second kappa shape index (κ2) is 8.10. The second-order valence-corrected chi connectivity index (χ2v) is 7.24. The molecule has 3 heterocycles. The first-order valence-electron chi connectivity index (χ1n) is 9.57. The molecule has 7 nitrogen and oxygen atoms in total. The fourth-order valence-corrected chi connectivity index (χ4v) is 3.32. The summed E-state index contributed by atoms with van der Waals surface area (Å²) in [6, 6.07) is 8.80. The molecule has 0 saturated heterocycles. The first-order valence-corrected chi connectivity index (χ1v) is 9.57. The minimum atomic E-state index is -0.781. The standard InChI is InChI=1S/C22H20F2N6O/c1-13-8-14(2)30(27-13)20-7-4-15(10-25-20)11-26-22(31)18-12-29(3)28-21(18)17-6-5-16(23)9-19(17)24/h4-10,12H,11H2,1-3H3,(H,26,31). The van der Waals surface area contributed by atoms with Crippen molar-refractivity contribution in [3.05, 3.63) is 82.9 Å². The highest BCUT2D eigenvalue weighted by Gasteiger charge is 2.20. The molecule has 1 N–H and O–H groups in total. The smallest absolute Gasteiger partial charge is 0.255 e. The van der Waals surface area contributed by atoms with Crippen LogP contribution in [0.4, 0.5) is 8.78 Å². The van der Waals surface area contributed by atoms with Gasteiger partial charge in [0.25, 0.3) is 5.91 Å². The van der Waals surface area contributed by atoms with Gasteiger partial charge in [-0.25, -0.2) is 18.4 Å². The molecule has 0 aliphatic heterocycles. The number of aromatic nitrogens is 5. The number of nitrogens with one attached hydrogen (secondary N) is 1. The Morgan fingerprint density at radius 3 is 2.55 bits per heavy atom. The summed E-state index contributed by atoms with van der Waals surface area (Å²) in [4.78, 5) is 17.2. The van der Waals surface area contributed by atoms with Crippen molar-refractivity contribution in [1.29, 1.82) is 0 Å². The van der Waals surface area contributed by atoms with Gasteiger partial charge in [0.05, 0.1) is 11.3 Å². The predicted octanol–water partition coefficient (Wildman–Crippen LogP) is 3.49. The average molecular weight is 422 g/mol. The van der Waals surface area contributed by atoms with Gasteiger partial charge >= 0.3 is 0 Å². The van der Waals surface area contributed by atoms with Gasteiger partial charge in [0.2, 0.25) is 0 Å². The zero-order valence-electron chi connectivity index (χ0n) is 17.2. The van der Waals surface area contributed by atoms with E-state index in [0.717, 1.165) is 29.1 Å². The molecular formula is C22H20F2N6O. The molecule has 4 aromatic rings. The predicted molar refractivity (Wildman–Crippen MR) is 111 cm³/mol. The van der Waals surface area contributed by atoms with Gasteiger partial charge in [-0.1, -0.05) is 6.07 Å². The van der Waals surface area contributed by atoms with E-state index in [1.807, 2.05) is 32.0 Å². The Bertz CT molecular complexity index is 1260. The van der Waals surface area contributed by atoms with E-state index in [9.17, 15) is 13.6 Å². The topological polar surface area (TPSA) is 77.6 Å². The van der Waals surface area contributed by atoms with Gasteiger partial charge in [-0.05, 0) is 43.7 Å². The number of hydrogen-bond donors (Lipinski definition) is 1. The van der Waals surface area contributed by atoms with E-state index in [1.54, 1.807) is 17.9 Å². The van der Waals surface area contributed by atoms with Crippen molar-refractivity contribution < 1.29 is 13.6 Å². The van der Waals surface area contributed by atoms with Crippen LogP contribution < -0.4 is 5.32 Å². The van der Waals surface area contributed by atoms with Gasteiger partial charge in [0.1, 0.15) is 17.3 Å². The Morgan fingerprint density at radius 2 is 1.90 bits per heavy atom. The van der Waals surface area contributed by atoms with Crippen molar-refractivity contribution in [2.45, 2.75) is 20.4 Å². The number of carbonyl (C=O) groups excluding carboxylic acids is 1. The van der Waals surface area contributed by atoms with Crippen molar-refractivity contribution in [2.24, 2.45) is 7.05 Å². The normalized spacial score (nSPS) is 11.0. The van der Waals surface area contributed by atoms with Crippen LogP contribution in [0.1, 0.15) is 27.3 Å². The SMILES string of the molecule is Cc1cc(C)n(-c2ccc(CNC(=O)c3cn(C)nc3-c3ccc(F)cc3F)cn2)n1. The van der Waals surface area contributed by atoms with Crippen molar-refractivity contribution in [2.75, 3.05) is 0 Å². The monoisotopic (exact) mass is 422 g/mol. The molecule has 0 atom stereocenters. The van der Waals surface area contributed by atoms with Crippen LogP contribution in [0, 0.1) is 25.5 Å². The minimum absolute atomic E-state index is 0.0584. The summed E-state index contributed by atoms with van der Waals surface area (Å²) in [5, 5.41) is 11.4. The molecule has 0 bridgehead atoms. The van der Waals surface area contributed by atoms with Gasteiger partial charge in [-0.15, -0.1) is 0 Å². The number of rotatable bonds is 5. The number of benzene rings is 1. The molecule has 4 rings (SSSR count). The van der Waals surface area contributed by atoms with Gasteiger partial charge in [-0.2, -0.15) is 10.2 Å². The molecule has 31 heavy (non-hydrogen) atoms. The molecule has 1 aromatic carbocycles. The number of aryl methyl sites for hydroxylation is 3. The van der Waals surface area contributed by atoms with Gasteiger partial charge in [0.15, 0.2) is 5.82 Å². The van der Waals surface area contributed by atoms with Gasteiger partial charge in [0, 0.05) is 43.3 Å². The Morgan fingerprint density at radius 1 is 1.10 bits per heavy atom. The molecule has 0 aliphatic rings. The highest BCUT2D eigenvalue weighted by molar-refractivity contribution is 5.99. The lowest BCUT2D eigenvalue weighted by atomic mass is 10.1. The molecular weight excluding hydrogens is 402 g/mol. The first-order chi connectivity index (χ1) is 14.8. The van der Waals surface area contributed by atoms with Crippen molar-refractivity contribution in [1.82, 2.24) is 29.9 Å². The molecule has 3 aromatic heterocycles. The largest absolute Gasteiger partial charge is 0.348 e. The first kappa shape index (κ1) is 20.4. The summed E-state index contributed by atoms with van der Waals surface area (Å²) in [5.41, 5.74) is 3.07. The van der Waals surface area contributed by atoms with Gasteiger partial charge in [-0.3, -0.25) is 9.48 Å². The van der Waals surface area contributed by atoms with Crippen LogP contribution in [0.15, 0.2) is 48.8 Å². The number of nitrogens with zero attached hydrogens (tertiary/aromatic N) is 5. The summed E-state index contributed by atoms with van der Waals surface area (Å²) in [6.07, 6.45) is 3.16. The van der Waals surface area contributed by atoms with Crippen LogP contribution >= 0.6 is 0 Å². The third kappa shape index (κ3) is 4.20. The third-order valence-corrected chi connectivity index (χ3v) is 4.75. The number of carbonyl (C=O) groups is 1. The molecule has 0 fully saturated rings. The fraction of sp³-hybridized carbons (Fsp3) is 0.182. The number of hydrogen-bond acceptors (Lipinski definition) is 4. The third-order valence-electron chi connectivity index (χ3n) is 4.75. The van der Waals surface area contributed by atoms with Crippen LogP contribution in [0.5, 0.6) is 0 Å². The van der Waals surface area contributed by atoms with Crippen molar-refractivity contribution >= 4 is 5.91 Å². The van der Waals surface area contributed by atoms with Crippen LogP contribution in [0.3, 0.4) is 0 Å². The summed E-state index contributed by atoms with van der Waals surface area (Å²) in [6.45, 7) is 4.09. The highest BCUT2D eigenvalue weighted by atomic mass is 19.1. The summed E-state index contributed by atoms with van der Waals surface area (Å²) >= 11 is 0. The fourth-order valence-electron chi connectivity index (χ4n) is 3.32. The number of halogens is 2. The zero-order chi connectivity index (χ0) is 22.1. The Balaban J connectivity index is 1.50. The zero-order valence-corrected chi connectivity index (χ0v) is 17.2. The number of pyridine rings is 1. The summed E-state index contributed by atoms with van der Waals surface area (Å²) < 4.78 is 30.6. The molecule has 0 radical (unpaired) electrons. The second-order valence-electron chi connectivity index (χ2n) is 7.24. The molecule has 158 valence electrons. The quantitative estimate of drug-likeness (QED) is 0.534. The molecule has 0 saturated carbocycles. The number of amides is 1. The van der Waals surface area contributed by atoms with Crippen molar-refractivity contribution in [3.63, 3.8) is 0 Å². The van der Waals surface area contributed by atoms with E-state index >= 15 is 0 Å². The van der Waals surface area contributed by atoms with E-state index in [4.69, 9.17) is 0 Å². The lowest BCUT2D eigenvalue weighted by Crippen LogP contribution is -2.23. The maximum absolute atomic E-state index is 14.2. The lowest BCUT2D eigenvalue weighted by molar-refractivity contribution is 0.0951. The minimum Gasteiger partial charge on any atom is -0.348 e. The molecule has 0 aliphatic carbocycles. The molecule has 1 amide bonds. The van der Waals surface area contributed by atoms with Crippen LogP contribution in [-0.4, -0.2) is 30.5 Å². The Labute approximate surface area is 177 Å². The van der Waals surface area contributed by atoms with Crippen molar-refractivity contribution in [3.8, 4) is 17.1 Å². The van der Waals surface area contributed by atoms with E-state index in [-0.39, 0.29) is 23.4 Å². The van der Waals surface area contributed by atoms with E-state index in [0.29, 0.717) is 5.82 Å². The maximum Gasteiger partial charge on any atom is 0.255 e. The summed E-state index contributed by atoms with van der Waals surface area (Å²) in [5.74, 6) is -1.22. The molecule has 0 spiro atoms. The summed E-state index contributed by atoms with van der Waals surface area (Å²) in [7, 11) is 1.63. The van der Waals surface area contributed by atoms with Crippen LogP contribution in [0.25, 0.3) is 17.1 Å². The Kier molecular flexibility index (Phi) is 5.33.